The number of para-hydroxylation sites is 1. The van der Waals surface area contributed by atoms with Gasteiger partial charge in [-0.2, -0.15) is 0 Å². The van der Waals surface area contributed by atoms with E-state index in [-0.39, 0.29) is 12.1 Å². The number of hydrogen-bond donors (Lipinski definition) is 2. The molecule has 1 aromatic rings. The van der Waals surface area contributed by atoms with Gasteiger partial charge in [-0.3, -0.25) is 4.90 Å². The van der Waals surface area contributed by atoms with Crippen molar-refractivity contribution in [3.8, 4) is 0 Å². The predicted molar refractivity (Wildman–Crippen MR) is 62.0 cm³/mol. The molecule has 2 N–H and O–H groups in total. The van der Waals surface area contributed by atoms with Gasteiger partial charge in [0.2, 0.25) is 0 Å². The molecule has 0 radical (unpaired) electrons. The molecule has 2 rings (SSSR count). The van der Waals surface area contributed by atoms with Crippen LogP contribution >= 0.6 is 0 Å². The van der Waals surface area contributed by atoms with Crippen LogP contribution in [0.1, 0.15) is 6.92 Å². The molecule has 1 aliphatic rings. The normalized spacial score (nSPS) is 26.8. The second-order valence-corrected chi connectivity index (χ2v) is 4.04. The Balaban J connectivity index is 1.96. The second kappa shape index (κ2) is 4.64. The first kappa shape index (κ1) is 10.5. The number of likely N-dealkylation sites (N-methyl/N-ethyl adjacent to an activating group) is 1. The minimum Gasteiger partial charge on any atom is -0.390 e. The minimum absolute atomic E-state index is 0.160. The first-order chi connectivity index (χ1) is 7.29. The maximum absolute atomic E-state index is 9.85. The molecule has 1 fully saturated rings. The molecular weight excluding hydrogens is 188 g/mol. The van der Waals surface area contributed by atoms with Crippen molar-refractivity contribution in [3.05, 3.63) is 30.3 Å². The van der Waals surface area contributed by atoms with Gasteiger partial charge in [0, 0.05) is 18.8 Å². The standard InChI is InChI=1S/C12H18N2O/c1-2-14-8-11(12(15)9-14)13-10-6-4-3-5-7-10/h3-7,11-13,15H,2,8-9H2,1H3/t11-,12-/m0/s1. The van der Waals surface area contributed by atoms with Crippen LogP contribution in [0.15, 0.2) is 30.3 Å². The summed E-state index contributed by atoms with van der Waals surface area (Å²) in [7, 11) is 0. The molecule has 0 saturated carbocycles. The summed E-state index contributed by atoms with van der Waals surface area (Å²) >= 11 is 0. The molecule has 82 valence electrons. The number of anilines is 1. The molecule has 0 spiro atoms. The Kier molecular flexibility index (Phi) is 3.23. The number of benzene rings is 1. The molecule has 0 aromatic heterocycles. The van der Waals surface area contributed by atoms with E-state index in [4.69, 9.17) is 0 Å². The summed E-state index contributed by atoms with van der Waals surface area (Å²) in [6.07, 6.45) is -0.259. The molecule has 1 aliphatic heterocycles. The highest BCUT2D eigenvalue weighted by Crippen LogP contribution is 2.15. The van der Waals surface area contributed by atoms with Crippen molar-refractivity contribution in [1.29, 1.82) is 0 Å². The predicted octanol–water partition coefficient (Wildman–Crippen LogP) is 1.16. The molecule has 3 heteroatoms. The van der Waals surface area contributed by atoms with Gasteiger partial charge in [0.25, 0.3) is 0 Å². The Morgan fingerprint density at radius 1 is 1.33 bits per heavy atom. The molecule has 0 bridgehead atoms. The van der Waals surface area contributed by atoms with Crippen LogP contribution in [0.25, 0.3) is 0 Å². The summed E-state index contributed by atoms with van der Waals surface area (Å²) in [5, 5.41) is 13.2. The van der Waals surface area contributed by atoms with Crippen LogP contribution in [0.2, 0.25) is 0 Å². The minimum atomic E-state index is -0.259. The van der Waals surface area contributed by atoms with Crippen LogP contribution in [-0.2, 0) is 0 Å². The van der Waals surface area contributed by atoms with Crippen LogP contribution in [0.5, 0.6) is 0 Å². The van der Waals surface area contributed by atoms with E-state index in [2.05, 4.69) is 17.1 Å². The van der Waals surface area contributed by atoms with Crippen molar-refractivity contribution >= 4 is 5.69 Å². The number of β-amino-alcohol motifs (C(OH)–C–C–N with tert-alkyl or cyclic N) is 1. The highest BCUT2D eigenvalue weighted by Gasteiger charge is 2.29. The quantitative estimate of drug-likeness (QED) is 0.779. The third-order valence-electron chi connectivity index (χ3n) is 2.94. The molecule has 0 aliphatic carbocycles. The lowest BCUT2D eigenvalue weighted by molar-refractivity contribution is 0.171. The topological polar surface area (TPSA) is 35.5 Å². The highest BCUT2D eigenvalue weighted by atomic mass is 16.3. The summed E-state index contributed by atoms with van der Waals surface area (Å²) in [4.78, 5) is 2.26. The van der Waals surface area contributed by atoms with Gasteiger partial charge >= 0.3 is 0 Å². The lowest BCUT2D eigenvalue weighted by Crippen LogP contribution is -2.31. The van der Waals surface area contributed by atoms with E-state index >= 15 is 0 Å². The van der Waals surface area contributed by atoms with Crippen molar-refractivity contribution in [2.24, 2.45) is 0 Å². The monoisotopic (exact) mass is 206 g/mol. The molecule has 15 heavy (non-hydrogen) atoms. The number of likely N-dealkylation sites (tertiary alicyclic amines) is 1. The fourth-order valence-corrected chi connectivity index (χ4v) is 2.01. The Bertz CT molecular complexity index is 302. The van der Waals surface area contributed by atoms with Gasteiger partial charge in [0.05, 0.1) is 12.1 Å². The smallest absolute Gasteiger partial charge is 0.0880 e. The zero-order valence-electron chi connectivity index (χ0n) is 9.06. The van der Waals surface area contributed by atoms with Gasteiger partial charge in [-0.05, 0) is 18.7 Å². The lowest BCUT2D eigenvalue weighted by Gasteiger charge is -2.17. The van der Waals surface area contributed by atoms with E-state index in [0.29, 0.717) is 0 Å². The maximum atomic E-state index is 9.85. The van der Waals surface area contributed by atoms with E-state index in [1.54, 1.807) is 0 Å². The molecule has 2 atom stereocenters. The van der Waals surface area contributed by atoms with E-state index in [1.165, 1.54) is 0 Å². The number of nitrogens with zero attached hydrogens (tertiary/aromatic N) is 1. The van der Waals surface area contributed by atoms with Gasteiger partial charge in [-0.25, -0.2) is 0 Å². The molecule has 1 heterocycles. The average molecular weight is 206 g/mol. The zero-order valence-corrected chi connectivity index (χ0v) is 9.06. The third-order valence-corrected chi connectivity index (χ3v) is 2.94. The molecule has 1 aromatic carbocycles. The SMILES string of the molecule is CCN1C[C@H](Nc2ccccc2)[C@@H](O)C1. The Labute approximate surface area is 90.7 Å². The van der Waals surface area contributed by atoms with Gasteiger partial charge in [0.15, 0.2) is 0 Å². The van der Waals surface area contributed by atoms with Crippen molar-refractivity contribution in [2.75, 3.05) is 25.0 Å². The van der Waals surface area contributed by atoms with E-state index < -0.39 is 0 Å². The Morgan fingerprint density at radius 2 is 2.07 bits per heavy atom. The molecule has 0 amide bonds. The maximum Gasteiger partial charge on any atom is 0.0880 e. The fourth-order valence-electron chi connectivity index (χ4n) is 2.01. The van der Waals surface area contributed by atoms with Gasteiger partial charge < -0.3 is 10.4 Å². The van der Waals surface area contributed by atoms with Crippen LogP contribution in [0, 0.1) is 0 Å². The molecule has 3 nitrogen and oxygen atoms in total. The van der Waals surface area contributed by atoms with Gasteiger partial charge in [-0.15, -0.1) is 0 Å². The molecule has 1 saturated heterocycles. The Hall–Kier alpha value is -1.06. The summed E-state index contributed by atoms with van der Waals surface area (Å²) in [5.74, 6) is 0. The summed E-state index contributed by atoms with van der Waals surface area (Å²) in [6.45, 7) is 4.83. The van der Waals surface area contributed by atoms with E-state index in [1.807, 2.05) is 30.3 Å². The van der Waals surface area contributed by atoms with E-state index in [9.17, 15) is 5.11 Å². The van der Waals surface area contributed by atoms with Crippen LogP contribution in [-0.4, -0.2) is 41.8 Å². The first-order valence-electron chi connectivity index (χ1n) is 5.51. The third kappa shape index (κ3) is 2.49. The largest absolute Gasteiger partial charge is 0.390 e. The Morgan fingerprint density at radius 3 is 2.67 bits per heavy atom. The lowest BCUT2D eigenvalue weighted by atomic mass is 10.2. The number of hydrogen-bond acceptors (Lipinski definition) is 3. The second-order valence-electron chi connectivity index (χ2n) is 4.04. The van der Waals surface area contributed by atoms with Gasteiger partial charge in [-0.1, -0.05) is 25.1 Å². The number of aliphatic hydroxyl groups is 1. The fraction of sp³-hybridized carbons (Fsp3) is 0.500. The van der Waals surface area contributed by atoms with E-state index in [0.717, 1.165) is 25.3 Å². The van der Waals surface area contributed by atoms with Crippen molar-refractivity contribution in [3.63, 3.8) is 0 Å². The number of aliphatic hydroxyl groups excluding tert-OH is 1. The number of nitrogens with one attached hydrogen (secondary N) is 1. The molecule has 0 unspecified atom stereocenters. The van der Waals surface area contributed by atoms with Crippen molar-refractivity contribution in [1.82, 2.24) is 4.90 Å². The van der Waals surface area contributed by atoms with Crippen LogP contribution < -0.4 is 5.32 Å². The average Bonchev–Trinajstić information content (AvgIpc) is 2.61. The molecular formula is C12H18N2O. The highest BCUT2D eigenvalue weighted by molar-refractivity contribution is 5.44. The van der Waals surface area contributed by atoms with Crippen LogP contribution in [0.3, 0.4) is 0 Å². The van der Waals surface area contributed by atoms with Gasteiger partial charge in [0.1, 0.15) is 0 Å². The summed E-state index contributed by atoms with van der Waals surface area (Å²) in [5.41, 5.74) is 1.08. The summed E-state index contributed by atoms with van der Waals surface area (Å²) in [6, 6.07) is 10.2. The van der Waals surface area contributed by atoms with Crippen molar-refractivity contribution in [2.45, 2.75) is 19.1 Å². The first-order valence-corrected chi connectivity index (χ1v) is 5.51. The zero-order chi connectivity index (χ0) is 10.7. The summed E-state index contributed by atoms with van der Waals surface area (Å²) < 4.78 is 0. The van der Waals surface area contributed by atoms with Crippen LogP contribution in [0.4, 0.5) is 5.69 Å². The van der Waals surface area contributed by atoms with Crippen molar-refractivity contribution < 1.29 is 5.11 Å². The number of rotatable bonds is 3.